The Labute approximate surface area is 108 Å². The van der Waals surface area contributed by atoms with Gasteiger partial charge in [-0.1, -0.05) is 20.3 Å². The predicted molar refractivity (Wildman–Crippen MR) is 70.7 cm³/mol. The molecule has 0 spiro atoms. The summed E-state index contributed by atoms with van der Waals surface area (Å²) < 4.78 is 13.8. The maximum absolute atomic E-state index is 13.8. The first-order valence-electron chi connectivity index (χ1n) is 6.58. The molecule has 1 N–H and O–H groups in total. The molecule has 3 heteroatoms. The minimum absolute atomic E-state index is 0.321. The number of nitriles is 1. The van der Waals surface area contributed by atoms with E-state index in [4.69, 9.17) is 5.26 Å². The molecule has 1 aliphatic rings. The van der Waals surface area contributed by atoms with Gasteiger partial charge in [0.2, 0.25) is 0 Å². The smallest absolute Gasteiger partial charge is 0.147 e. The van der Waals surface area contributed by atoms with Crippen molar-refractivity contribution in [2.24, 2.45) is 11.8 Å². The number of halogens is 1. The third-order valence-corrected chi connectivity index (χ3v) is 3.97. The van der Waals surface area contributed by atoms with Crippen LogP contribution in [0.25, 0.3) is 0 Å². The van der Waals surface area contributed by atoms with Crippen LogP contribution < -0.4 is 5.32 Å². The van der Waals surface area contributed by atoms with Gasteiger partial charge in [-0.05, 0) is 42.9 Å². The Hall–Kier alpha value is -1.56. The lowest BCUT2D eigenvalue weighted by atomic mass is 9.78. The molecule has 0 heterocycles. The molecule has 18 heavy (non-hydrogen) atoms. The van der Waals surface area contributed by atoms with Gasteiger partial charge in [-0.3, -0.25) is 0 Å². The van der Waals surface area contributed by atoms with E-state index in [1.165, 1.54) is 25.3 Å². The summed E-state index contributed by atoms with van der Waals surface area (Å²) in [5.41, 5.74) is 0.877. The SMILES string of the molecule is CC1CCCC(C)C1Nc1ccc(C#N)cc1F. The molecule has 0 amide bonds. The first-order valence-corrected chi connectivity index (χ1v) is 6.58. The zero-order valence-electron chi connectivity index (χ0n) is 10.9. The first-order chi connectivity index (χ1) is 8.61. The molecule has 1 aromatic rings. The summed E-state index contributed by atoms with van der Waals surface area (Å²) >= 11 is 0. The monoisotopic (exact) mass is 246 g/mol. The number of anilines is 1. The highest BCUT2D eigenvalue weighted by molar-refractivity contribution is 5.49. The molecule has 0 bridgehead atoms. The third kappa shape index (κ3) is 2.64. The van der Waals surface area contributed by atoms with Crippen molar-refractivity contribution in [1.82, 2.24) is 0 Å². The maximum atomic E-state index is 13.8. The van der Waals surface area contributed by atoms with Crippen molar-refractivity contribution in [2.45, 2.75) is 39.2 Å². The van der Waals surface area contributed by atoms with Crippen LogP contribution in [-0.2, 0) is 0 Å². The highest BCUT2D eigenvalue weighted by Crippen LogP contribution is 2.31. The zero-order chi connectivity index (χ0) is 13.1. The maximum Gasteiger partial charge on any atom is 0.147 e. The summed E-state index contributed by atoms with van der Waals surface area (Å²) in [6.45, 7) is 4.43. The Bertz CT molecular complexity index is 454. The molecule has 2 unspecified atom stereocenters. The highest BCUT2D eigenvalue weighted by Gasteiger charge is 2.28. The normalized spacial score (nSPS) is 27.6. The van der Waals surface area contributed by atoms with Crippen molar-refractivity contribution in [3.63, 3.8) is 0 Å². The molecule has 2 atom stereocenters. The standard InChI is InChI=1S/C15H19FN2/c1-10-4-3-5-11(2)15(10)18-14-7-6-12(9-17)8-13(14)16/h6-8,10-11,15,18H,3-5H2,1-2H3. The second-order valence-corrected chi connectivity index (χ2v) is 5.36. The lowest BCUT2D eigenvalue weighted by Crippen LogP contribution is -2.37. The molecule has 96 valence electrons. The molecular weight excluding hydrogens is 227 g/mol. The highest BCUT2D eigenvalue weighted by atomic mass is 19.1. The summed E-state index contributed by atoms with van der Waals surface area (Å²) in [4.78, 5) is 0. The largest absolute Gasteiger partial charge is 0.379 e. The molecule has 0 aromatic heterocycles. The van der Waals surface area contributed by atoms with Crippen LogP contribution in [0.4, 0.5) is 10.1 Å². The molecule has 1 fully saturated rings. The van der Waals surface area contributed by atoms with Gasteiger partial charge >= 0.3 is 0 Å². The van der Waals surface area contributed by atoms with Gasteiger partial charge in [0.1, 0.15) is 5.82 Å². The van der Waals surface area contributed by atoms with Crippen molar-refractivity contribution in [1.29, 1.82) is 5.26 Å². The van der Waals surface area contributed by atoms with E-state index in [-0.39, 0.29) is 5.82 Å². The number of benzene rings is 1. The number of nitrogens with one attached hydrogen (secondary N) is 1. The van der Waals surface area contributed by atoms with Gasteiger partial charge in [0.15, 0.2) is 0 Å². The van der Waals surface area contributed by atoms with E-state index in [1.807, 2.05) is 6.07 Å². The third-order valence-electron chi connectivity index (χ3n) is 3.97. The summed E-state index contributed by atoms with van der Waals surface area (Å²) in [7, 11) is 0. The van der Waals surface area contributed by atoms with E-state index in [2.05, 4.69) is 19.2 Å². The summed E-state index contributed by atoms with van der Waals surface area (Å²) in [5, 5.41) is 12.0. The topological polar surface area (TPSA) is 35.8 Å². The van der Waals surface area contributed by atoms with E-state index in [1.54, 1.807) is 12.1 Å². The van der Waals surface area contributed by atoms with Crippen molar-refractivity contribution in [3.8, 4) is 6.07 Å². The average Bonchev–Trinajstić information content (AvgIpc) is 2.35. The fraction of sp³-hybridized carbons (Fsp3) is 0.533. The first kappa shape index (κ1) is 12.9. The summed E-state index contributed by atoms with van der Waals surface area (Å²) in [6, 6.07) is 6.89. The second kappa shape index (κ2) is 5.39. The molecule has 1 aliphatic carbocycles. The van der Waals surface area contributed by atoms with Gasteiger partial charge in [0.05, 0.1) is 17.3 Å². The van der Waals surface area contributed by atoms with E-state index >= 15 is 0 Å². The van der Waals surface area contributed by atoms with Crippen molar-refractivity contribution < 1.29 is 4.39 Å². The van der Waals surface area contributed by atoms with Gasteiger partial charge in [0, 0.05) is 6.04 Å². The molecule has 0 radical (unpaired) electrons. The van der Waals surface area contributed by atoms with E-state index in [0.29, 0.717) is 29.1 Å². The predicted octanol–water partition coefficient (Wildman–Crippen LogP) is 3.93. The molecule has 0 saturated heterocycles. The van der Waals surface area contributed by atoms with E-state index in [9.17, 15) is 4.39 Å². The Morgan fingerprint density at radius 2 is 1.94 bits per heavy atom. The average molecular weight is 246 g/mol. The molecule has 0 aliphatic heterocycles. The van der Waals surface area contributed by atoms with Crippen LogP contribution in [0.2, 0.25) is 0 Å². The zero-order valence-corrected chi connectivity index (χ0v) is 10.9. The number of nitrogens with zero attached hydrogens (tertiary/aromatic N) is 1. The van der Waals surface area contributed by atoms with Crippen LogP contribution >= 0.6 is 0 Å². The van der Waals surface area contributed by atoms with Crippen LogP contribution in [0, 0.1) is 29.0 Å². The Morgan fingerprint density at radius 1 is 1.28 bits per heavy atom. The number of hydrogen-bond donors (Lipinski definition) is 1. The van der Waals surface area contributed by atoms with Gasteiger partial charge < -0.3 is 5.32 Å². The lowest BCUT2D eigenvalue weighted by Gasteiger charge is -2.36. The summed E-state index contributed by atoms with van der Waals surface area (Å²) in [6.07, 6.45) is 3.65. The van der Waals surface area contributed by atoms with Crippen LogP contribution in [0.5, 0.6) is 0 Å². The molecule has 1 saturated carbocycles. The summed E-state index contributed by atoms with van der Waals surface area (Å²) in [5.74, 6) is 0.784. The van der Waals surface area contributed by atoms with Gasteiger partial charge in [-0.2, -0.15) is 5.26 Å². The minimum Gasteiger partial charge on any atom is -0.379 e. The van der Waals surface area contributed by atoms with Gasteiger partial charge in [0.25, 0.3) is 0 Å². The van der Waals surface area contributed by atoms with Crippen LogP contribution in [0.1, 0.15) is 38.7 Å². The van der Waals surface area contributed by atoms with Crippen LogP contribution in [0.3, 0.4) is 0 Å². The van der Waals surface area contributed by atoms with Crippen molar-refractivity contribution in [2.75, 3.05) is 5.32 Å². The quantitative estimate of drug-likeness (QED) is 0.858. The Morgan fingerprint density at radius 3 is 2.50 bits per heavy atom. The molecule has 1 aromatic carbocycles. The van der Waals surface area contributed by atoms with Crippen molar-refractivity contribution >= 4 is 5.69 Å². The van der Waals surface area contributed by atoms with Crippen LogP contribution in [-0.4, -0.2) is 6.04 Å². The van der Waals surface area contributed by atoms with E-state index < -0.39 is 0 Å². The number of rotatable bonds is 2. The minimum atomic E-state index is -0.334. The van der Waals surface area contributed by atoms with Crippen molar-refractivity contribution in [3.05, 3.63) is 29.6 Å². The second-order valence-electron chi connectivity index (χ2n) is 5.36. The molecule has 2 nitrogen and oxygen atoms in total. The molecular formula is C15H19FN2. The lowest BCUT2D eigenvalue weighted by molar-refractivity contribution is 0.267. The fourth-order valence-corrected chi connectivity index (χ4v) is 2.85. The van der Waals surface area contributed by atoms with Crippen LogP contribution in [0.15, 0.2) is 18.2 Å². The van der Waals surface area contributed by atoms with Gasteiger partial charge in [-0.25, -0.2) is 4.39 Å². The Balaban J connectivity index is 2.15. The Kier molecular flexibility index (Phi) is 3.86. The molecule has 2 rings (SSSR count). The van der Waals surface area contributed by atoms with E-state index in [0.717, 1.165) is 0 Å². The number of hydrogen-bond acceptors (Lipinski definition) is 2. The fourth-order valence-electron chi connectivity index (χ4n) is 2.85. The van der Waals surface area contributed by atoms with Gasteiger partial charge in [-0.15, -0.1) is 0 Å².